The summed E-state index contributed by atoms with van der Waals surface area (Å²) in [4.78, 5) is 6.84. The lowest BCUT2D eigenvalue weighted by Gasteiger charge is -2.29. The minimum atomic E-state index is 0.797. The number of anilines is 1. The van der Waals surface area contributed by atoms with Crippen molar-refractivity contribution in [2.75, 3.05) is 45.2 Å². The van der Waals surface area contributed by atoms with Crippen molar-refractivity contribution in [1.82, 2.24) is 14.5 Å². The number of rotatable bonds is 9. The molecule has 1 fully saturated rings. The molecule has 5 nitrogen and oxygen atoms in total. The summed E-state index contributed by atoms with van der Waals surface area (Å²) in [7, 11) is 2.22. The molecule has 0 aromatic carbocycles. The second kappa shape index (κ2) is 9.05. The summed E-state index contributed by atoms with van der Waals surface area (Å²) in [5, 5.41) is 3.41. The third-order valence-corrected chi connectivity index (χ3v) is 4.28. The number of ether oxygens (including phenoxy) is 1. The van der Waals surface area contributed by atoms with Gasteiger partial charge in [0.2, 0.25) is 5.95 Å². The van der Waals surface area contributed by atoms with Crippen molar-refractivity contribution < 1.29 is 4.74 Å². The van der Waals surface area contributed by atoms with Gasteiger partial charge in [-0.1, -0.05) is 0 Å². The third-order valence-electron chi connectivity index (χ3n) is 4.28. The van der Waals surface area contributed by atoms with Crippen LogP contribution in [-0.2, 0) is 11.3 Å². The van der Waals surface area contributed by atoms with Crippen LogP contribution >= 0.6 is 0 Å². The van der Waals surface area contributed by atoms with Crippen LogP contribution in [0, 0.1) is 5.92 Å². The van der Waals surface area contributed by atoms with E-state index < -0.39 is 0 Å². The highest BCUT2D eigenvalue weighted by Crippen LogP contribution is 2.21. The summed E-state index contributed by atoms with van der Waals surface area (Å²) in [5.74, 6) is 1.87. The molecule has 2 heterocycles. The SMILES string of the molecule is CCOCCCNc1nccn1CCC1CCN(C)CC1. The first kappa shape index (κ1) is 16.3. The van der Waals surface area contributed by atoms with Crippen LogP contribution in [0.2, 0.25) is 0 Å². The van der Waals surface area contributed by atoms with Crippen molar-refractivity contribution in [3.63, 3.8) is 0 Å². The van der Waals surface area contributed by atoms with E-state index in [4.69, 9.17) is 4.74 Å². The topological polar surface area (TPSA) is 42.3 Å². The summed E-state index contributed by atoms with van der Waals surface area (Å²) < 4.78 is 7.60. The number of nitrogens with zero attached hydrogens (tertiary/aromatic N) is 3. The Morgan fingerprint density at radius 2 is 2.19 bits per heavy atom. The minimum absolute atomic E-state index is 0.797. The lowest BCUT2D eigenvalue weighted by molar-refractivity contribution is 0.147. The Bertz CT molecular complexity index is 385. The van der Waals surface area contributed by atoms with Crippen molar-refractivity contribution in [3.8, 4) is 0 Å². The second-order valence-corrected chi connectivity index (χ2v) is 5.96. The van der Waals surface area contributed by atoms with E-state index in [0.717, 1.165) is 44.6 Å². The van der Waals surface area contributed by atoms with E-state index in [1.807, 2.05) is 13.1 Å². The molecule has 5 heteroatoms. The van der Waals surface area contributed by atoms with Gasteiger partial charge in [0.25, 0.3) is 0 Å². The first-order chi connectivity index (χ1) is 10.3. The predicted octanol–water partition coefficient (Wildman–Crippen LogP) is 2.45. The van der Waals surface area contributed by atoms with E-state index >= 15 is 0 Å². The molecule has 1 saturated heterocycles. The van der Waals surface area contributed by atoms with Crippen molar-refractivity contribution in [3.05, 3.63) is 12.4 Å². The van der Waals surface area contributed by atoms with Crippen molar-refractivity contribution >= 4 is 5.95 Å². The minimum Gasteiger partial charge on any atom is -0.382 e. The molecule has 120 valence electrons. The summed E-state index contributed by atoms with van der Waals surface area (Å²) in [5.41, 5.74) is 0. The standard InChI is InChI=1S/C16H30N4O/c1-3-21-14-4-8-17-16-18-9-13-20(16)12-7-15-5-10-19(2)11-6-15/h9,13,15H,3-8,10-12,14H2,1-2H3,(H,17,18). The zero-order valence-electron chi connectivity index (χ0n) is 13.6. The number of hydrogen-bond acceptors (Lipinski definition) is 4. The number of aromatic nitrogens is 2. The van der Waals surface area contributed by atoms with Crippen molar-refractivity contribution in [2.45, 2.75) is 39.2 Å². The highest BCUT2D eigenvalue weighted by atomic mass is 16.5. The quantitative estimate of drug-likeness (QED) is 0.710. The van der Waals surface area contributed by atoms with Crippen LogP contribution in [0.15, 0.2) is 12.4 Å². The Morgan fingerprint density at radius 1 is 1.38 bits per heavy atom. The molecule has 0 radical (unpaired) electrons. The first-order valence-electron chi connectivity index (χ1n) is 8.31. The lowest BCUT2D eigenvalue weighted by atomic mass is 9.94. The maximum Gasteiger partial charge on any atom is 0.202 e. The maximum atomic E-state index is 5.35. The molecule has 1 aromatic rings. The van der Waals surface area contributed by atoms with Gasteiger partial charge >= 0.3 is 0 Å². The summed E-state index contributed by atoms with van der Waals surface area (Å²) >= 11 is 0. The average Bonchev–Trinajstić information content (AvgIpc) is 2.94. The van der Waals surface area contributed by atoms with Gasteiger partial charge in [-0.2, -0.15) is 0 Å². The van der Waals surface area contributed by atoms with Crippen LogP contribution in [0.25, 0.3) is 0 Å². The fraction of sp³-hybridized carbons (Fsp3) is 0.812. The molecule has 0 amide bonds. The Labute approximate surface area is 128 Å². The van der Waals surface area contributed by atoms with Gasteiger partial charge in [0.15, 0.2) is 0 Å². The van der Waals surface area contributed by atoms with Gasteiger partial charge in [-0.15, -0.1) is 0 Å². The molecule has 1 aliphatic rings. The number of hydrogen-bond donors (Lipinski definition) is 1. The number of piperidine rings is 1. The van der Waals surface area contributed by atoms with Gasteiger partial charge in [-0.3, -0.25) is 0 Å². The zero-order chi connectivity index (χ0) is 14.9. The van der Waals surface area contributed by atoms with E-state index in [1.165, 1.54) is 32.4 Å². The Hall–Kier alpha value is -1.07. The van der Waals surface area contributed by atoms with Crippen molar-refractivity contribution in [2.24, 2.45) is 5.92 Å². The molecule has 1 aromatic heterocycles. The smallest absolute Gasteiger partial charge is 0.202 e. The van der Waals surface area contributed by atoms with Gasteiger partial charge in [0.1, 0.15) is 0 Å². The molecule has 0 spiro atoms. The van der Waals surface area contributed by atoms with Crippen LogP contribution in [0.1, 0.15) is 32.6 Å². The van der Waals surface area contributed by atoms with Crippen LogP contribution in [0.4, 0.5) is 5.95 Å². The normalized spacial score (nSPS) is 17.2. The van der Waals surface area contributed by atoms with E-state index in [-0.39, 0.29) is 0 Å². The summed E-state index contributed by atoms with van der Waals surface area (Å²) in [6, 6.07) is 0. The highest BCUT2D eigenvalue weighted by Gasteiger charge is 2.16. The van der Waals surface area contributed by atoms with E-state index in [9.17, 15) is 0 Å². The number of likely N-dealkylation sites (tertiary alicyclic amines) is 1. The lowest BCUT2D eigenvalue weighted by Crippen LogP contribution is -2.30. The van der Waals surface area contributed by atoms with Crippen molar-refractivity contribution in [1.29, 1.82) is 0 Å². The van der Waals surface area contributed by atoms with Crippen LogP contribution < -0.4 is 5.32 Å². The third kappa shape index (κ3) is 5.67. The van der Waals surface area contributed by atoms with Crippen LogP contribution in [-0.4, -0.2) is 54.3 Å². The van der Waals surface area contributed by atoms with Gasteiger partial charge in [0, 0.05) is 38.7 Å². The summed E-state index contributed by atoms with van der Waals surface area (Å²) in [6.45, 7) is 8.13. The highest BCUT2D eigenvalue weighted by molar-refractivity contribution is 5.25. The largest absolute Gasteiger partial charge is 0.382 e. The van der Waals surface area contributed by atoms with E-state index in [1.54, 1.807) is 0 Å². The number of imidazole rings is 1. The Morgan fingerprint density at radius 3 is 2.95 bits per heavy atom. The van der Waals surface area contributed by atoms with Gasteiger partial charge < -0.3 is 19.5 Å². The van der Waals surface area contributed by atoms with Gasteiger partial charge in [-0.05, 0) is 58.7 Å². The molecule has 0 atom stereocenters. The second-order valence-electron chi connectivity index (χ2n) is 5.96. The molecular weight excluding hydrogens is 264 g/mol. The molecule has 21 heavy (non-hydrogen) atoms. The first-order valence-corrected chi connectivity index (χ1v) is 8.31. The average molecular weight is 294 g/mol. The van der Waals surface area contributed by atoms with Gasteiger partial charge in [0.05, 0.1) is 0 Å². The fourth-order valence-electron chi connectivity index (χ4n) is 2.85. The molecule has 0 unspecified atom stereocenters. The molecule has 1 aliphatic heterocycles. The monoisotopic (exact) mass is 294 g/mol. The fourth-order valence-corrected chi connectivity index (χ4v) is 2.85. The molecule has 1 N–H and O–H groups in total. The maximum absolute atomic E-state index is 5.35. The molecular formula is C16H30N4O. The zero-order valence-corrected chi connectivity index (χ0v) is 13.6. The van der Waals surface area contributed by atoms with E-state index in [0.29, 0.717) is 0 Å². The number of aryl methyl sites for hydroxylation is 1. The Balaban J connectivity index is 1.67. The molecule has 0 bridgehead atoms. The molecule has 2 rings (SSSR count). The van der Waals surface area contributed by atoms with Gasteiger partial charge in [-0.25, -0.2) is 4.98 Å². The van der Waals surface area contributed by atoms with E-state index in [2.05, 4.69) is 33.0 Å². The van der Waals surface area contributed by atoms with Crippen LogP contribution in [0.3, 0.4) is 0 Å². The predicted molar refractivity (Wildman–Crippen MR) is 86.7 cm³/mol. The molecule has 0 aliphatic carbocycles. The van der Waals surface area contributed by atoms with Crippen LogP contribution in [0.5, 0.6) is 0 Å². The Kier molecular flexibility index (Phi) is 7.03. The number of nitrogens with one attached hydrogen (secondary N) is 1. The summed E-state index contributed by atoms with van der Waals surface area (Å²) in [6.07, 6.45) is 8.93. The molecule has 0 saturated carbocycles.